The molecule has 1 aromatic rings. The molecule has 1 spiro atoms. The van der Waals surface area contributed by atoms with E-state index in [0.717, 1.165) is 23.3 Å². The third kappa shape index (κ3) is 0.997. The van der Waals surface area contributed by atoms with Gasteiger partial charge in [0.05, 0.1) is 5.41 Å². The number of allylic oxidation sites excluding steroid dienone is 1. The van der Waals surface area contributed by atoms with Crippen molar-refractivity contribution in [2.24, 2.45) is 4.99 Å². The van der Waals surface area contributed by atoms with E-state index in [1.54, 1.807) is 6.08 Å². The Hall–Kier alpha value is -2.16. The number of ketones is 1. The van der Waals surface area contributed by atoms with E-state index in [4.69, 9.17) is 4.74 Å². The topological polar surface area (TPSA) is 38.7 Å². The van der Waals surface area contributed by atoms with Crippen LogP contribution in [-0.4, -0.2) is 18.1 Å². The molecule has 1 aromatic carbocycles. The van der Waals surface area contributed by atoms with Gasteiger partial charge < -0.3 is 4.74 Å². The highest BCUT2D eigenvalue weighted by molar-refractivity contribution is 6.00. The zero-order valence-corrected chi connectivity index (χ0v) is 9.67. The molecule has 18 heavy (non-hydrogen) atoms. The van der Waals surface area contributed by atoms with Crippen molar-refractivity contribution in [3.63, 3.8) is 0 Å². The Labute approximate surface area is 104 Å². The van der Waals surface area contributed by atoms with Crippen molar-refractivity contribution in [3.8, 4) is 5.75 Å². The molecule has 3 heteroatoms. The van der Waals surface area contributed by atoms with Crippen LogP contribution in [0.5, 0.6) is 5.75 Å². The van der Waals surface area contributed by atoms with Gasteiger partial charge in [0.1, 0.15) is 5.75 Å². The first-order chi connectivity index (χ1) is 8.82. The first-order valence-electron chi connectivity index (χ1n) is 6.03. The highest BCUT2D eigenvalue weighted by atomic mass is 16.5. The smallest absolute Gasteiger partial charge is 0.197 e. The molecule has 2 atom stereocenters. The summed E-state index contributed by atoms with van der Waals surface area (Å²) in [7, 11) is 0. The molecule has 4 rings (SSSR count). The number of fused-ring (bicyclic) bond motifs is 1. The Bertz CT molecular complexity index is 642. The average molecular weight is 237 g/mol. The van der Waals surface area contributed by atoms with E-state index in [1.165, 1.54) is 0 Å². The van der Waals surface area contributed by atoms with E-state index < -0.39 is 6.10 Å². The second-order valence-corrected chi connectivity index (χ2v) is 4.82. The van der Waals surface area contributed by atoms with E-state index in [0.29, 0.717) is 0 Å². The number of aliphatic imine (C=N–C) groups is 1. The standard InChI is InChI=1S/C15H11NO2/c17-12-6-5-10-9-16-8-7-15(10)11-3-1-2-4-13(11)18-14(12)15/h1-6,8-9,14H,7H2. The molecule has 3 aliphatic rings. The van der Waals surface area contributed by atoms with Gasteiger partial charge in [0.25, 0.3) is 0 Å². The van der Waals surface area contributed by atoms with Gasteiger partial charge in [0.15, 0.2) is 11.9 Å². The fourth-order valence-electron chi connectivity index (χ4n) is 3.15. The van der Waals surface area contributed by atoms with Gasteiger partial charge in [-0.3, -0.25) is 9.79 Å². The van der Waals surface area contributed by atoms with Gasteiger partial charge in [-0.1, -0.05) is 24.3 Å². The average Bonchev–Trinajstić information content (AvgIpc) is 2.75. The molecule has 0 aromatic heterocycles. The Kier molecular flexibility index (Phi) is 1.74. The summed E-state index contributed by atoms with van der Waals surface area (Å²) in [6.45, 7) is 0. The van der Waals surface area contributed by atoms with Gasteiger partial charge >= 0.3 is 0 Å². The van der Waals surface area contributed by atoms with Crippen molar-refractivity contribution in [2.75, 3.05) is 0 Å². The normalized spacial score (nSPS) is 31.2. The molecule has 0 N–H and O–H groups in total. The summed E-state index contributed by atoms with van der Waals surface area (Å²) >= 11 is 0. The Morgan fingerprint density at radius 3 is 3.11 bits per heavy atom. The highest BCUT2D eigenvalue weighted by Gasteiger charge is 2.55. The molecule has 0 amide bonds. The third-order valence-corrected chi connectivity index (χ3v) is 3.99. The monoisotopic (exact) mass is 237 g/mol. The number of hydrogen-bond acceptors (Lipinski definition) is 3. The molecule has 0 saturated carbocycles. The Morgan fingerprint density at radius 1 is 1.28 bits per heavy atom. The number of hydrogen-bond donors (Lipinski definition) is 0. The van der Waals surface area contributed by atoms with Crippen LogP contribution >= 0.6 is 0 Å². The predicted octanol–water partition coefficient (Wildman–Crippen LogP) is 2.18. The Balaban J connectivity index is 2.03. The lowest BCUT2D eigenvalue weighted by molar-refractivity contribution is -0.122. The van der Waals surface area contributed by atoms with Crippen molar-refractivity contribution in [3.05, 3.63) is 53.8 Å². The number of carbonyl (C=O) groups excluding carboxylic acids is 1. The summed E-state index contributed by atoms with van der Waals surface area (Å²) in [5.74, 6) is 0.861. The minimum atomic E-state index is -0.433. The van der Waals surface area contributed by atoms with Gasteiger partial charge in [0, 0.05) is 24.4 Å². The molecular formula is C15H11NO2. The maximum atomic E-state index is 12.1. The van der Waals surface area contributed by atoms with Crippen LogP contribution in [0.15, 0.2) is 53.2 Å². The lowest BCUT2D eigenvalue weighted by atomic mass is 9.65. The fraction of sp³-hybridized carbons (Fsp3) is 0.200. The number of ether oxygens (including phenoxy) is 1. The third-order valence-electron chi connectivity index (χ3n) is 3.99. The summed E-state index contributed by atoms with van der Waals surface area (Å²) in [5.41, 5.74) is 1.81. The fourth-order valence-corrected chi connectivity index (χ4v) is 3.15. The number of benzene rings is 1. The number of nitrogens with zero attached hydrogens (tertiary/aromatic N) is 1. The minimum absolute atomic E-state index is 0.0404. The quantitative estimate of drug-likeness (QED) is 0.693. The number of para-hydroxylation sites is 1. The van der Waals surface area contributed by atoms with Gasteiger partial charge in [-0.25, -0.2) is 0 Å². The van der Waals surface area contributed by atoms with Gasteiger partial charge in [-0.2, -0.15) is 0 Å². The van der Waals surface area contributed by atoms with Crippen LogP contribution in [0.3, 0.4) is 0 Å². The van der Waals surface area contributed by atoms with Gasteiger partial charge in [-0.15, -0.1) is 0 Å². The van der Waals surface area contributed by atoms with E-state index >= 15 is 0 Å². The SMILES string of the molecule is O=C1C=CC2=CN=CCC23c2ccccc2OC13. The molecule has 0 bridgehead atoms. The lowest BCUT2D eigenvalue weighted by Crippen LogP contribution is -2.47. The van der Waals surface area contributed by atoms with Crippen LogP contribution in [0.1, 0.15) is 12.0 Å². The molecule has 2 unspecified atom stereocenters. The van der Waals surface area contributed by atoms with Crippen LogP contribution in [0, 0.1) is 0 Å². The molecule has 1 aliphatic carbocycles. The first-order valence-corrected chi connectivity index (χ1v) is 6.03. The lowest BCUT2D eigenvalue weighted by Gasteiger charge is -2.36. The molecule has 0 radical (unpaired) electrons. The van der Waals surface area contributed by atoms with Crippen LogP contribution in [0.4, 0.5) is 0 Å². The van der Waals surface area contributed by atoms with Crippen molar-refractivity contribution >= 4 is 12.0 Å². The molecular weight excluding hydrogens is 226 g/mol. The van der Waals surface area contributed by atoms with Crippen LogP contribution in [-0.2, 0) is 10.2 Å². The van der Waals surface area contributed by atoms with Crippen LogP contribution in [0.2, 0.25) is 0 Å². The van der Waals surface area contributed by atoms with Crippen molar-refractivity contribution in [1.29, 1.82) is 0 Å². The van der Waals surface area contributed by atoms with E-state index in [2.05, 4.69) is 11.1 Å². The van der Waals surface area contributed by atoms with E-state index in [9.17, 15) is 4.79 Å². The number of carbonyl (C=O) groups is 1. The van der Waals surface area contributed by atoms with Gasteiger partial charge in [0.2, 0.25) is 0 Å². The molecule has 2 aliphatic heterocycles. The molecule has 0 saturated heterocycles. The molecule has 88 valence electrons. The summed E-state index contributed by atoms with van der Waals surface area (Å²) in [6, 6.07) is 7.91. The van der Waals surface area contributed by atoms with Crippen LogP contribution < -0.4 is 4.74 Å². The summed E-state index contributed by atoms with van der Waals surface area (Å²) in [6.07, 6.45) is 7.47. The summed E-state index contributed by atoms with van der Waals surface area (Å²) in [4.78, 5) is 16.3. The largest absolute Gasteiger partial charge is 0.481 e. The van der Waals surface area contributed by atoms with E-state index in [-0.39, 0.29) is 11.2 Å². The molecule has 0 fully saturated rings. The Morgan fingerprint density at radius 2 is 2.17 bits per heavy atom. The summed E-state index contributed by atoms with van der Waals surface area (Å²) < 4.78 is 5.88. The predicted molar refractivity (Wildman–Crippen MR) is 67.9 cm³/mol. The minimum Gasteiger partial charge on any atom is -0.481 e. The zero-order chi connectivity index (χ0) is 12.2. The zero-order valence-electron chi connectivity index (χ0n) is 9.67. The summed E-state index contributed by atoms with van der Waals surface area (Å²) in [5, 5.41) is 0. The number of rotatable bonds is 0. The van der Waals surface area contributed by atoms with E-state index in [1.807, 2.05) is 36.7 Å². The molecule has 3 nitrogen and oxygen atoms in total. The maximum Gasteiger partial charge on any atom is 0.197 e. The second kappa shape index (κ2) is 3.19. The van der Waals surface area contributed by atoms with Crippen molar-refractivity contribution in [2.45, 2.75) is 17.9 Å². The van der Waals surface area contributed by atoms with Crippen molar-refractivity contribution < 1.29 is 9.53 Å². The first kappa shape index (κ1) is 9.83. The van der Waals surface area contributed by atoms with Crippen LogP contribution in [0.25, 0.3) is 0 Å². The molecule has 2 heterocycles. The maximum absolute atomic E-state index is 12.1. The second-order valence-electron chi connectivity index (χ2n) is 4.82. The van der Waals surface area contributed by atoms with Gasteiger partial charge in [-0.05, 0) is 17.7 Å². The van der Waals surface area contributed by atoms with Crippen molar-refractivity contribution in [1.82, 2.24) is 0 Å². The highest BCUT2D eigenvalue weighted by Crippen LogP contribution is 2.52.